The maximum atomic E-state index is 5.64. The molecule has 0 aliphatic rings. The van der Waals surface area contributed by atoms with Gasteiger partial charge in [0, 0.05) is 17.9 Å². The molecule has 1 aromatic carbocycles. The molecule has 3 N–H and O–H groups in total. The second-order valence-electron chi connectivity index (χ2n) is 4.08. The molecule has 0 radical (unpaired) electrons. The minimum atomic E-state index is 0.807. The Kier molecular flexibility index (Phi) is 3.60. The third kappa shape index (κ3) is 3.48. The van der Waals surface area contributed by atoms with Gasteiger partial charge in [-0.3, -0.25) is 0 Å². The normalized spacial score (nSPS) is 10.2. The first-order chi connectivity index (χ1) is 8.24. The van der Waals surface area contributed by atoms with Crippen LogP contribution in [0, 0.1) is 6.92 Å². The van der Waals surface area contributed by atoms with Crippen LogP contribution in [0.5, 0.6) is 0 Å². The van der Waals surface area contributed by atoms with E-state index in [-0.39, 0.29) is 0 Å². The third-order valence-electron chi connectivity index (χ3n) is 2.59. The Labute approximate surface area is 102 Å². The molecule has 17 heavy (non-hydrogen) atoms. The number of rotatable bonds is 4. The van der Waals surface area contributed by atoms with Crippen molar-refractivity contribution in [3.8, 4) is 0 Å². The van der Waals surface area contributed by atoms with Gasteiger partial charge in [-0.1, -0.05) is 18.2 Å². The van der Waals surface area contributed by atoms with Gasteiger partial charge in [-0.25, -0.2) is 4.98 Å². The van der Waals surface area contributed by atoms with Crippen LogP contribution in [-0.4, -0.2) is 11.5 Å². The summed E-state index contributed by atoms with van der Waals surface area (Å²) in [7, 11) is 0. The number of nitrogens with zero attached hydrogens (tertiary/aromatic N) is 1. The maximum absolute atomic E-state index is 5.64. The summed E-state index contributed by atoms with van der Waals surface area (Å²) in [5.41, 5.74) is 8.75. The lowest BCUT2D eigenvalue weighted by atomic mass is 10.1. The molecule has 0 saturated carbocycles. The number of nitrogens with one attached hydrogen (secondary N) is 1. The van der Waals surface area contributed by atoms with Gasteiger partial charge in [0.25, 0.3) is 0 Å². The van der Waals surface area contributed by atoms with Crippen LogP contribution >= 0.6 is 0 Å². The fraction of sp³-hybridized carbons (Fsp3) is 0.214. The molecule has 88 valence electrons. The van der Waals surface area contributed by atoms with Crippen molar-refractivity contribution in [2.45, 2.75) is 13.3 Å². The molecule has 0 aliphatic heterocycles. The summed E-state index contributed by atoms with van der Waals surface area (Å²) in [5, 5.41) is 3.31. The molecule has 0 atom stereocenters. The van der Waals surface area contributed by atoms with Crippen LogP contribution in [0.1, 0.15) is 11.3 Å². The van der Waals surface area contributed by atoms with Crippen LogP contribution in [0.4, 0.5) is 11.5 Å². The summed E-state index contributed by atoms with van der Waals surface area (Å²) in [5.74, 6) is 0.931. The van der Waals surface area contributed by atoms with Crippen LogP contribution < -0.4 is 11.1 Å². The van der Waals surface area contributed by atoms with Crippen molar-refractivity contribution in [3.63, 3.8) is 0 Å². The minimum absolute atomic E-state index is 0.807. The molecule has 3 nitrogen and oxygen atoms in total. The second kappa shape index (κ2) is 5.34. The number of pyridine rings is 1. The zero-order valence-electron chi connectivity index (χ0n) is 9.98. The number of aryl methyl sites for hydroxylation is 1. The molecule has 0 fully saturated rings. The molecular formula is C14H17N3. The Morgan fingerprint density at radius 1 is 1.12 bits per heavy atom. The highest BCUT2D eigenvalue weighted by Gasteiger charge is 1.95. The maximum Gasteiger partial charge on any atom is 0.126 e. The van der Waals surface area contributed by atoms with Gasteiger partial charge in [0.05, 0.1) is 0 Å². The molecule has 0 aliphatic carbocycles. The first-order valence-corrected chi connectivity index (χ1v) is 5.76. The molecule has 0 amide bonds. The van der Waals surface area contributed by atoms with Gasteiger partial charge in [-0.2, -0.15) is 0 Å². The van der Waals surface area contributed by atoms with E-state index in [9.17, 15) is 0 Å². The van der Waals surface area contributed by atoms with E-state index in [1.165, 1.54) is 5.56 Å². The van der Waals surface area contributed by atoms with Gasteiger partial charge in [0.15, 0.2) is 0 Å². The van der Waals surface area contributed by atoms with Crippen molar-refractivity contribution in [1.29, 1.82) is 0 Å². The molecule has 3 heteroatoms. The van der Waals surface area contributed by atoms with Crippen molar-refractivity contribution in [1.82, 2.24) is 4.98 Å². The van der Waals surface area contributed by atoms with Gasteiger partial charge in [-0.15, -0.1) is 0 Å². The highest BCUT2D eigenvalue weighted by Crippen LogP contribution is 2.07. The standard InChI is InChI=1S/C14H17N3/c1-11-3-2-4-14(17-11)16-10-9-12-5-7-13(15)8-6-12/h2-8H,9-10,15H2,1H3,(H,16,17). The predicted molar refractivity (Wildman–Crippen MR) is 72.0 cm³/mol. The van der Waals surface area contributed by atoms with E-state index in [2.05, 4.69) is 22.4 Å². The van der Waals surface area contributed by atoms with Gasteiger partial charge < -0.3 is 11.1 Å². The molecule has 1 heterocycles. The lowest BCUT2D eigenvalue weighted by molar-refractivity contribution is 1.00. The van der Waals surface area contributed by atoms with Gasteiger partial charge in [0.1, 0.15) is 5.82 Å². The summed E-state index contributed by atoms with van der Waals surface area (Å²) in [6.45, 7) is 2.87. The average molecular weight is 227 g/mol. The van der Waals surface area contributed by atoms with Gasteiger partial charge >= 0.3 is 0 Å². The molecule has 0 spiro atoms. The molecule has 0 bridgehead atoms. The van der Waals surface area contributed by atoms with Crippen molar-refractivity contribution < 1.29 is 0 Å². The quantitative estimate of drug-likeness (QED) is 0.789. The molecule has 2 rings (SSSR count). The lowest BCUT2D eigenvalue weighted by Gasteiger charge is -2.06. The third-order valence-corrected chi connectivity index (χ3v) is 2.59. The minimum Gasteiger partial charge on any atom is -0.399 e. The van der Waals surface area contributed by atoms with Crippen LogP contribution in [-0.2, 0) is 6.42 Å². The largest absolute Gasteiger partial charge is 0.399 e. The van der Waals surface area contributed by atoms with Crippen LogP contribution in [0.15, 0.2) is 42.5 Å². The molecule has 1 aromatic heterocycles. The Balaban J connectivity index is 1.85. The van der Waals surface area contributed by atoms with E-state index in [0.717, 1.165) is 30.2 Å². The smallest absolute Gasteiger partial charge is 0.126 e. The van der Waals surface area contributed by atoms with Gasteiger partial charge in [-0.05, 0) is 43.2 Å². The summed E-state index contributed by atoms with van der Waals surface area (Å²) in [4.78, 5) is 4.39. The average Bonchev–Trinajstić information content (AvgIpc) is 2.32. The van der Waals surface area contributed by atoms with E-state index in [1.54, 1.807) is 0 Å². The summed E-state index contributed by atoms with van der Waals surface area (Å²) < 4.78 is 0. The zero-order chi connectivity index (χ0) is 12.1. The predicted octanol–water partition coefficient (Wildman–Crippen LogP) is 2.63. The summed E-state index contributed by atoms with van der Waals surface area (Å²) >= 11 is 0. The molecular weight excluding hydrogens is 210 g/mol. The Morgan fingerprint density at radius 2 is 1.88 bits per heavy atom. The molecule has 0 saturated heterocycles. The summed E-state index contributed by atoms with van der Waals surface area (Å²) in [6, 6.07) is 14.0. The van der Waals surface area contributed by atoms with Gasteiger partial charge in [0.2, 0.25) is 0 Å². The lowest BCUT2D eigenvalue weighted by Crippen LogP contribution is -2.06. The number of hydrogen-bond acceptors (Lipinski definition) is 3. The SMILES string of the molecule is Cc1cccc(NCCc2ccc(N)cc2)n1. The monoisotopic (exact) mass is 227 g/mol. The van der Waals surface area contributed by atoms with Crippen LogP contribution in [0.3, 0.4) is 0 Å². The number of nitrogen functional groups attached to an aromatic ring is 1. The van der Waals surface area contributed by atoms with E-state index in [0.29, 0.717) is 0 Å². The molecule has 0 unspecified atom stereocenters. The van der Waals surface area contributed by atoms with E-state index in [1.807, 2.05) is 37.3 Å². The van der Waals surface area contributed by atoms with E-state index < -0.39 is 0 Å². The first kappa shape index (κ1) is 11.5. The number of hydrogen-bond donors (Lipinski definition) is 2. The van der Waals surface area contributed by atoms with Crippen molar-refractivity contribution >= 4 is 11.5 Å². The van der Waals surface area contributed by atoms with E-state index in [4.69, 9.17) is 5.73 Å². The highest BCUT2D eigenvalue weighted by molar-refractivity contribution is 5.40. The number of aromatic nitrogens is 1. The number of anilines is 2. The highest BCUT2D eigenvalue weighted by atomic mass is 15.0. The topological polar surface area (TPSA) is 50.9 Å². The Hall–Kier alpha value is -2.03. The van der Waals surface area contributed by atoms with Crippen LogP contribution in [0.2, 0.25) is 0 Å². The van der Waals surface area contributed by atoms with Crippen molar-refractivity contribution in [2.24, 2.45) is 0 Å². The summed E-state index contributed by atoms with van der Waals surface area (Å²) in [6.07, 6.45) is 0.968. The Morgan fingerprint density at radius 3 is 2.59 bits per heavy atom. The fourth-order valence-corrected chi connectivity index (χ4v) is 1.66. The van der Waals surface area contributed by atoms with Crippen molar-refractivity contribution in [2.75, 3.05) is 17.6 Å². The first-order valence-electron chi connectivity index (χ1n) is 5.76. The van der Waals surface area contributed by atoms with Crippen LogP contribution in [0.25, 0.3) is 0 Å². The fourth-order valence-electron chi connectivity index (χ4n) is 1.66. The van der Waals surface area contributed by atoms with Crippen molar-refractivity contribution in [3.05, 3.63) is 53.7 Å². The Bertz CT molecular complexity index is 477. The number of nitrogens with two attached hydrogens (primary N) is 1. The molecule has 2 aromatic rings. The zero-order valence-corrected chi connectivity index (χ0v) is 9.98. The van der Waals surface area contributed by atoms with E-state index >= 15 is 0 Å². The second-order valence-corrected chi connectivity index (χ2v) is 4.08. The number of benzene rings is 1.